The van der Waals surface area contributed by atoms with Crippen LogP contribution in [0.1, 0.15) is 25.7 Å². The first-order valence-electron chi connectivity index (χ1n) is 8.04. The number of rotatable bonds is 6. The van der Waals surface area contributed by atoms with Crippen LogP contribution in [0.25, 0.3) is 0 Å². The van der Waals surface area contributed by atoms with Gasteiger partial charge in [0.25, 0.3) is 0 Å². The fourth-order valence-corrected chi connectivity index (χ4v) is 4.47. The molecule has 1 N–H and O–H groups in total. The van der Waals surface area contributed by atoms with E-state index in [1.165, 1.54) is 11.8 Å². The molecule has 128 valence electrons. The van der Waals surface area contributed by atoms with Crippen LogP contribution in [-0.4, -0.2) is 42.5 Å². The van der Waals surface area contributed by atoms with Crippen molar-refractivity contribution in [2.75, 3.05) is 5.75 Å². The Morgan fingerprint density at radius 2 is 1.96 bits per heavy atom. The summed E-state index contributed by atoms with van der Waals surface area (Å²) in [5.41, 5.74) is 0. The predicted octanol–water partition coefficient (Wildman–Crippen LogP) is 2.52. The van der Waals surface area contributed by atoms with Crippen molar-refractivity contribution in [3.63, 3.8) is 0 Å². The third kappa shape index (κ3) is 4.98. The first kappa shape index (κ1) is 17.3. The number of nitrogens with one attached hydrogen (secondary N) is 1. The molecule has 0 atom stereocenters. The number of hydrogen-bond donors (Lipinski definition) is 1. The van der Waals surface area contributed by atoms with Crippen LogP contribution in [0.3, 0.4) is 0 Å². The first-order valence-corrected chi connectivity index (χ1v) is 9.90. The first-order chi connectivity index (χ1) is 11.7. The molecule has 24 heavy (non-hydrogen) atoms. The number of aryl methyl sites for hydroxylation is 1. The molecular formula is C16H21N5OS2. The SMILES string of the molecule is Cn1ccnc1SC1CCC(NC(=O)CSc2ncccn2)CC1. The average Bonchev–Trinajstić information content (AvgIpc) is 3.01. The number of imidazole rings is 1. The molecular weight excluding hydrogens is 342 g/mol. The molecule has 1 aliphatic rings. The standard InChI is InChI=1S/C16H21N5OS2/c1-21-10-9-19-16(21)24-13-5-3-12(4-6-13)20-14(22)11-23-15-17-7-2-8-18-15/h2,7-10,12-13H,3-6,11H2,1H3,(H,20,22). The van der Waals surface area contributed by atoms with Crippen molar-refractivity contribution in [1.82, 2.24) is 24.8 Å². The maximum atomic E-state index is 12.1. The van der Waals surface area contributed by atoms with E-state index in [2.05, 4.69) is 24.8 Å². The molecule has 0 unspecified atom stereocenters. The number of amides is 1. The molecule has 2 aromatic rings. The molecule has 0 radical (unpaired) electrons. The van der Waals surface area contributed by atoms with Gasteiger partial charge in [-0.1, -0.05) is 23.5 Å². The number of carbonyl (C=O) groups is 1. The maximum absolute atomic E-state index is 12.1. The summed E-state index contributed by atoms with van der Waals surface area (Å²) in [6.45, 7) is 0. The van der Waals surface area contributed by atoms with Gasteiger partial charge in [0, 0.05) is 43.1 Å². The van der Waals surface area contributed by atoms with E-state index < -0.39 is 0 Å². The minimum Gasteiger partial charge on any atom is -0.353 e. The largest absolute Gasteiger partial charge is 0.353 e. The molecule has 0 aromatic carbocycles. The summed E-state index contributed by atoms with van der Waals surface area (Å²) in [6.07, 6.45) is 11.5. The Balaban J connectivity index is 1.37. The molecule has 8 heteroatoms. The number of aromatic nitrogens is 4. The third-order valence-corrected chi connectivity index (χ3v) is 6.25. The van der Waals surface area contributed by atoms with Crippen LogP contribution in [0.4, 0.5) is 0 Å². The van der Waals surface area contributed by atoms with E-state index >= 15 is 0 Å². The summed E-state index contributed by atoms with van der Waals surface area (Å²) in [5.74, 6) is 0.430. The Hall–Kier alpha value is -1.54. The highest BCUT2D eigenvalue weighted by atomic mass is 32.2. The molecule has 0 bridgehead atoms. The minimum absolute atomic E-state index is 0.0626. The van der Waals surface area contributed by atoms with E-state index in [1.807, 2.05) is 31.2 Å². The summed E-state index contributed by atoms with van der Waals surface area (Å²) in [7, 11) is 2.02. The summed E-state index contributed by atoms with van der Waals surface area (Å²) in [4.78, 5) is 24.7. The van der Waals surface area contributed by atoms with Crippen LogP contribution >= 0.6 is 23.5 Å². The number of carbonyl (C=O) groups excluding carboxylic acids is 1. The summed E-state index contributed by atoms with van der Waals surface area (Å²) < 4.78 is 2.06. The van der Waals surface area contributed by atoms with Gasteiger partial charge in [0.1, 0.15) is 0 Å². The van der Waals surface area contributed by atoms with Gasteiger partial charge in [0.2, 0.25) is 5.91 Å². The van der Waals surface area contributed by atoms with Crippen LogP contribution < -0.4 is 5.32 Å². The van der Waals surface area contributed by atoms with Gasteiger partial charge in [-0.05, 0) is 31.7 Å². The molecule has 0 saturated heterocycles. The summed E-state index contributed by atoms with van der Waals surface area (Å²) in [5, 5.41) is 5.44. The van der Waals surface area contributed by atoms with E-state index in [1.54, 1.807) is 18.5 Å². The average molecular weight is 364 g/mol. The van der Waals surface area contributed by atoms with Crippen molar-refractivity contribution in [1.29, 1.82) is 0 Å². The molecule has 0 spiro atoms. The molecule has 1 amide bonds. The predicted molar refractivity (Wildman–Crippen MR) is 96.0 cm³/mol. The summed E-state index contributed by atoms with van der Waals surface area (Å²) in [6, 6.07) is 2.05. The minimum atomic E-state index is 0.0626. The quantitative estimate of drug-likeness (QED) is 0.628. The normalized spacial score (nSPS) is 20.7. The highest BCUT2D eigenvalue weighted by molar-refractivity contribution is 8.00. The smallest absolute Gasteiger partial charge is 0.230 e. The lowest BCUT2D eigenvalue weighted by atomic mass is 9.95. The number of thioether (sulfide) groups is 2. The van der Waals surface area contributed by atoms with Gasteiger partial charge in [-0.15, -0.1) is 0 Å². The highest BCUT2D eigenvalue weighted by Gasteiger charge is 2.24. The lowest BCUT2D eigenvalue weighted by Crippen LogP contribution is -2.39. The summed E-state index contributed by atoms with van der Waals surface area (Å²) >= 11 is 3.22. The van der Waals surface area contributed by atoms with Gasteiger partial charge in [-0.2, -0.15) is 0 Å². The van der Waals surface area contributed by atoms with Crippen molar-refractivity contribution in [3.8, 4) is 0 Å². The second-order valence-corrected chi connectivity index (χ2v) is 8.01. The topological polar surface area (TPSA) is 72.7 Å². The van der Waals surface area contributed by atoms with E-state index in [0.29, 0.717) is 16.2 Å². The van der Waals surface area contributed by atoms with Crippen LogP contribution in [0.2, 0.25) is 0 Å². The van der Waals surface area contributed by atoms with E-state index in [-0.39, 0.29) is 11.9 Å². The Labute approximate surface area is 150 Å². The number of hydrogen-bond acceptors (Lipinski definition) is 6. The lowest BCUT2D eigenvalue weighted by molar-refractivity contribution is -0.119. The van der Waals surface area contributed by atoms with E-state index in [9.17, 15) is 4.79 Å². The molecule has 1 saturated carbocycles. The van der Waals surface area contributed by atoms with Crippen LogP contribution in [0.15, 0.2) is 41.2 Å². The Kier molecular flexibility index (Phi) is 6.14. The number of nitrogens with zero attached hydrogens (tertiary/aromatic N) is 4. The van der Waals surface area contributed by atoms with Gasteiger partial charge in [0.05, 0.1) is 5.75 Å². The Morgan fingerprint density at radius 1 is 1.21 bits per heavy atom. The van der Waals surface area contributed by atoms with Crippen molar-refractivity contribution in [2.45, 2.75) is 47.3 Å². The van der Waals surface area contributed by atoms with Crippen molar-refractivity contribution in [2.24, 2.45) is 7.05 Å². The van der Waals surface area contributed by atoms with Gasteiger partial charge < -0.3 is 9.88 Å². The van der Waals surface area contributed by atoms with Gasteiger partial charge in [-0.25, -0.2) is 15.0 Å². The van der Waals surface area contributed by atoms with E-state index in [4.69, 9.17) is 0 Å². The molecule has 1 aliphatic carbocycles. The van der Waals surface area contributed by atoms with Crippen molar-refractivity contribution >= 4 is 29.4 Å². The van der Waals surface area contributed by atoms with Gasteiger partial charge in [-0.3, -0.25) is 4.79 Å². The molecule has 2 aromatic heterocycles. The zero-order valence-electron chi connectivity index (χ0n) is 13.6. The Morgan fingerprint density at radius 3 is 2.62 bits per heavy atom. The molecule has 1 fully saturated rings. The second kappa shape index (κ2) is 8.53. The van der Waals surface area contributed by atoms with Crippen molar-refractivity contribution < 1.29 is 4.79 Å². The maximum Gasteiger partial charge on any atom is 0.230 e. The highest BCUT2D eigenvalue weighted by Crippen LogP contribution is 2.32. The molecule has 3 rings (SSSR count). The molecule has 6 nitrogen and oxygen atoms in total. The second-order valence-electron chi connectivity index (χ2n) is 5.80. The lowest BCUT2D eigenvalue weighted by Gasteiger charge is -2.28. The fourth-order valence-electron chi connectivity index (χ4n) is 2.70. The zero-order chi connectivity index (χ0) is 16.8. The van der Waals surface area contributed by atoms with Gasteiger partial charge >= 0.3 is 0 Å². The van der Waals surface area contributed by atoms with Crippen molar-refractivity contribution in [3.05, 3.63) is 30.9 Å². The Bertz CT molecular complexity index is 655. The molecule has 2 heterocycles. The fraction of sp³-hybridized carbons (Fsp3) is 0.500. The van der Waals surface area contributed by atoms with Crippen LogP contribution in [0.5, 0.6) is 0 Å². The molecule has 0 aliphatic heterocycles. The van der Waals surface area contributed by atoms with Crippen LogP contribution in [0, 0.1) is 0 Å². The van der Waals surface area contributed by atoms with Gasteiger partial charge in [0.15, 0.2) is 10.3 Å². The van der Waals surface area contributed by atoms with Crippen LogP contribution in [-0.2, 0) is 11.8 Å². The zero-order valence-corrected chi connectivity index (χ0v) is 15.2. The monoisotopic (exact) mass is 363 g/mol. The van der Waals surface area contributed by atoms with E-state index in [0.717, 1.165) is 30.8 Å². The third-order valence-electron chi connectivity index (χ3n) is 3.96.